The van der Waals surface area contributed by atoms with Crippen LogP contribution in [0.5, 0.6) is 0 Å². The van der Waals surface area contributed by atoms with Gasteiger partial charge in [0.25, 0.3) is 0 Å². The minimum Gasteiger partial charge on any atom is -0.460 e. The van der Waals surface area contributed by atoms with E-state index in [4.69, 9.17) is 9.47 Å². The number of esters is 1. The monoisotopic (exact) mass is 335 g/mol. The third kappa shape index (κ3) is 5.80. The second kappa shape index (κ2) is 8.40. The van der Waals surface area contributed by atoms with Gasteiger partial charge in [0.2, 0.25) is 0 Å². The van der Waals surface area contributed by atoms with Gasteiger partial charge in [-0.2, -0.15) is 0 Å². The zero-order chi connectivity index (χ0) is 14.3. The first-order chi connectivity index (χ1) is 9.04. The van der Waals surface area contributed by atoms with Gasteiger partial charge in [-0.1, -0.05) is 42.1 Å². The molecule has 1 N–H and O–H groups in total. The number of unbranched alkanes of at least 4 members (excludes halogenated alkanes) is 2. The van der Waals surface area contributed by atoms with Gasteiger partial charge in [0, 0.05) is 18.2 Å². The van der Waals surface area contributed by atoms with Gasteiger partial charge in [-0.15, -0.1) is 0 Å². The Bertz CT molecular complexity index is 311. The molecule has 110 valence electrons. The largest absolute Gasteiger partial charge is 0.460 e. The number of rotatable bonds is 6. The van der Waals surface area contributed by atoms with Crippen molar-refractivity contribution in [2.75, 3.05) is 6.61 Å². The van der Waals surface area contributed by atoms with Gasteiger partial charge >= 0.3 is 12.1 Å². The highest BCUT2D eigenvalue weighted by molar-refractivity contribution is 9.09. The van der Waals surface area contributed by atoms with Crippen molar-refractivity contribution >= 4 is 28.0 Å². The van der Waals surface area contributed by atoms with Crippen LogP contribution in [0.15, 0.2) is 0 Å². The molecule has 0 aromatic heterocycles. The van der Waals surface area contributed by atoms with Crippen molar-refractivity contribution in [3.63, 3.8) is 0 Å². The summed E-state index contributed by atoms with van der Waals surface area (Å²) in [6.45, 7) is 3.80. The molecule has 3 atom stereocenters. The van der Waals surface area contributed by atoms with Crippen molar-refractivity contribution in [1.29, 1.82) is 0 Å². The number of halogens is 1. The van der Waals surface area contributed by atoms with E-state index in [2.05, 4.69) is 28.2 Å². The summed E-state index contributed by atoms with van der Waals surface area (Å²) in [5.74, 6) is -0.334. The Labute approximate surface area is 122 Å². The van der Waals surface area contributed by atoms with Gasteiger partial charge < -0.3 is 14.8 Å². The SMILES string of the molecule is CCCCC[C@@H](Br)C1NC(=O)OCC[C@H]1OC(C)=O. The predicted octanol–water partition coefficient (Wildman–Crippen LogP) is 2.76. The summed E-state index contributed by atoms with van der Waals surface area (Å²) >= 11 is 3.60. The number of carbonyl (C=O) groups is 2. The van der Waals surface area contributed by atoms with Crippen LogP contribution in [0.25, 0.3) is 0 Å². The molecule has 0 aromatic rings. The molecule has 1 aliphatic heterocycles. The van der Waals surface area contributed by atoms with Crippen LogP contribution in [-0.2, 0) is 14.3 Å². The summed E-state index contributed by atoms with van der Waals surface area (Å²) in [6, 6.07) is -0.240. The highest BCUT2D eigenvalue weighted by Crippen LogP contribution is 2.22. The summed E-state index contributed by atoms with van der Waals surface area (Å²) in [5.41, 5.74) is 0. The molecule has 19 heavy (non-hydrogen) atoms. The van der Waals surface area contributed by atoms with Gasteiger partial charge in [-0.3, -0.25) is 4.79 Å². The third-order valence-corrected chi connectivity index (χ3v) is 4.14. The normalized spacial score (nSPS) is 24.9. The van der Waals surface area contributed by atoms with Crippen LogP contribution in [0.4, 0.5) is 4.79 Å². The van der Waals surface area contributed by atoms with Gasteiger partial charge in [0.15, 0.2) is 0 Å². The summed E-state index contributed by atoms with van der Waals surface area (Å²) in [5, 5.41) is 2.78. The van der Waals surface area contributed by atoms with Crippen LogP contribution in [0.1, 0.15) is 46.0 Å². The summed E-state index contributed by atoms with van der Waals surface area (Å²) in [4.78, 5) is 22.7. The average Bonchev–Trinajstić information content (AvgIpc) is 2.51. The van der Waals surface area contributed by atoms with Gasteiger partial charge in [0.05, 0.1) is 12.6 Å². The molecule has 1 saturated heterocycles. The number of amides is 1. The van der Waals surface area contributed by atoms with Gasteiger partial charge in [-0.05, 0) is 6.42 Å². The number of ether oxygens (including phenoxy) is 2. The molecule has 0 aliphatic carbocycles. The number of cyclic esters (lactones) is 1. The number of alkyl halides is 1. The Morgan fingerprint density at radius 1 is 1.58 bits per heavy atom. The van der Waals surface area contributed by atoms with Crippen LogP contribution in [-0.4, -0.2) is 35.6 Å². The van der Waals surface area contributed by atoms with E-state index in [1.54, 1.807) is 0 Å². The number of hydrogen-bond acceptors (Lipinski definition) is 4. The highest BCUT2D eigenvalue weighted by Gasteiger charge is 2.34. The maximum Gasteiger partial charge on any atom is 0.407 e. The van der Waals surface area contributed by atoms with E-state index < -0.39 is 6.09 Å². The zero-order valence-corrected chi connectivity index (χ0v) is 13.1. The molecule has 0 saturated carbocycles. The fourth-order valence-electron chi connectivity index (χ4n) is 2.16. The van der Waals surface area contributed by atoms with Crippen LogP contribution >= 0.6 is 15.9 Å². The molecule has 1 fully saturated rings. The van der Waals surface area contributed by atoms with Crippen molar-refractivity contribution in [3.05, 3.63) is 0 Å². The average molecular weight is 336 g/mol. The molecule has 6 heteroatoms. The predicted molar refractivity (Wildman–Crippen MR) is 75.3 cm³/mol. The summed E-state index contributed by atoms with van der Waals surface area (Å²) < 4.78 is 10.3. The Morgan fingerprint density at radius 3 is 2.95 bits per heavy atom. The molecular formula is C13H22BrNO4. The molecule has 1 amide bonds. The van der Waals surface area contributed by atoms with Crippen LogP contribution < -0.4 is 5.32 Å². The fourth-order valence-corrected chi connectivity index (χ4v) is 2.95. The molecule has 1 aliphatic rings. The minimum atomic E-state index is -0.445. The lowest BCUT2D eigenvalue weighted by Crippen LogP contribution is -2.48. The minimum absolute atomic E-state index is 0.0778. The summed E-state index contributed by atoms with van der Waals surface area (Å²) in [6.07, 6.45) is 4.04. The van der Waals surface area contributed by atoms with Gasteiger partial charge in [0.1, 0.15) is 6.10 Å². The molecular weight excluding hydrogens is 314 g/mol. The Morgan fingerprint density at radius 2 is 2.32 bits per heavy atom. The van der Waals surface area contributed by atoms with Crippen LogP contribution in [0, 0.1) is 0 Å². The first-order valence-corrected chi connectivity index (χ1v) is 7.70. The zero-order valence-electron chi connectivity index (χ0n) is 11.5. The first-order valence-electron chi connectivity index (χ1n) is 6.79. The van der Waals surface area contributed by atoms with Gasteiger partial charge in [-0.25, -0.2) is 4.79 Å². The number of nitrogens with one attached hydrogen (secondary N) is 1. The van der Waals surface area contributed by atoms with E-state index in [1.165, 1.54) is 6.92 Å². The van der Waals surface area contributed by atoms with Crippen molar-refractivity contribution in [3.8, 4) is 0 Å². The molecule has 0 bridgehead atoms. The van der Waals surface area contributed by atoms with E-state index in [1.807, 2.05) is 0 Å². The fraction of sp³-hybridized carbons (Fsp3) is 0.846. The molecule has 0 radical (unpaired) electrons. The molecule has 0 spiro atoms. The smallest absolute Gasteiger partial charge is 0.407 e. The lowest BCUT2D eigenvalue weighted by molar-refractivity contribution is -0.148. The number of hydrogen-bond donors (Lipinski definition) is 1. The lowest BCUT2D eigenvalue weighted by atomic mass is 10.0. The quantitative estimate of drug-likeness (QED) is 0.460. The summed E-state index contributed by atoms with van der Waals surface area (Å²) in [7, 11) is 0. The van der Waals surface area contributed by atoms with Crippen LogP contribution in [0.2, 0.25) is 0 Å². The standard InChI is InChI=1S/C13H22BrNO4/c1-3-4-5-6-10(14)12-11(19-9(2)16)7-8-18-13(17)15-12/h10-12H,3-8H2,1-2H3,(H,15,17)/t10-,11-,12?/m1/s1. The Kier molecular flexibility index (Phi) is 7.20. The van der Waals surface area contributed by atoms with E-state index in [-0.39, 0.29) is 29.5 Å². The van der Waals surface area contributed by atoms with Crippen LogP contribution in [0.3, 0.4) is 0 Å². The van der Waals surface area contributed by atoms with Crippen molar-refractivity contribution < 1.29 is 19.1 Å². The lowest BCUT2D eigenvalue weighted by Gasteiger charge is -2.28. The molecule has 1 unspecified atom stereocenters. The highest BCUT2D eigenvalue weighted by atomic mass is 79.9. The van der Waals surface area contributed by atoms with Crippen molar-refractivity contribution in [1.82, 2.24) is 5.32 Å². The maximum atomic E-state index is 11.5. The second-order valence-corrected chi connectivity index (χ2v) is 5.93. The van der Waals surface area contributed by atoms with E-state index >= 15 is 0 Å². The number of alkyl carbamates (subject to hydrolysis) is 1. The molecule has 1 rings (SSSR count). The number of carbonyl (C=O) groups excluding carboxylic acids is 2. The first kappa shape index (κ1) is 16.3. The third-order valence-electron chi connectivity index (χ3n) is 3.11. The molecule has 1 heterocycles. The Hall–Kier alpha value is -0.780. The second-order valence-electron chi connectivity index (χ2n) is 4.75. The molecule has 5 nitrogen and oxygen atoms in total. The van der Waals surface area contributed by atoms with E-state index in [0.717, 1.165) is 25.7 Å². The van der Waals surface area contributed by atoms with Crippen molar-refractivity contribution in [2.24, 2.45) is 0 Å². The van der Waals surface area contributed by atoms with Crippen molar-refractivity contribution in [2.45, 2.75) is 62.9 Å². The maximum absolute atomic E-state index is 11.5. The Balaban J connectivity index is 2.63. The molecule has 0 aromatic carbocycles. The van der Waals surface area contributed by atoms with E-state index in [0.29, 0.717) is 6.42 Å². The topological polar surface area (TPSA) is 64.6 Å². The van der Waals surface area contributed by atoms with E-state index in [9.17, 15) is 9.59 Å².